The van der Waals surface area contributed by atoms with Gasteiger partial charge in [-0.25, -0.2) is 4.98 Å². The van der Waals surface area contributed by atoms with Gasteiger partial charge in [-0.05, 0) is 128 Å². The minimum Gasteiger partial charge on any atom is -0.309 e. The molecule has 292 valence electrons. The lowest BCUT2D eigenvalue weighted by molar-refractivity contribution is 1.02. The highest BCUT2D eigenvalue weighted by molar-refractivity contribution is 5.90. The molecule has 0 fully saturated rings. The maximum atomic E-state index is 5.31. The van der Waals surface area contributed by atoms with Crippen molar-refractivity contribution in [2.45, 2.75) is 41.5 Å². The number of rotatable bonds is 9. The van der Waals surface area contributed by atoms with E-state index in [1.807, 2.05) is 24.3 Å². The number of aromatic nitrogens is 3. The van der Waals surface area contributed by atoms with Crippen LogP contribution >= 0.6 is 0 Å². The molecule has 0 amide bonds. The molecule has 0 radical (unpaired) electrons. The quantitative estimate of drug-likeness (QED) is 0.146. The fourth-order valence-corrected chi connectivity index (χ4v) is 8.65. The molecule has 0 saturated carbocycles. The molecule has 5 nitrogen and oxygen atoms in total. The third kappa shape index (κ3) is 7.54. The number of fused-ring (bicyclic) bond motifs is 1. The fourth-order valence-electron chi connectivity index (χ4n) is 8.65. The molecule has 0 aliphatic carbocycles. The summed E-state index contributed by atoms with van der Waals surface area (Å²) in [5, 5.41) is 2.30. The van der Waals surface area contributed by atoms with Crippen molar-refractivity contribution in [3.05, 3.63) is 209 Å². The van der Waals surface area contributed by atoms with E-state index in [9.17, 15) is 0 Å². The van der Waals surface area contributed by atoms with E-state index >= 15 is 0 Å². The summed E-state index contributed by atoms with van der Waals surface area (Å²) in [6.07, 6.45) is 0. The van der Waals surface area contributed by atoms with Gasteiger partial charge in [0.1, 0.15) is 0 Å². The van der Waals surface area contributed by atoms with Crippen molar-refractivity contribution in [1.82, 2.24) is 15.0 Å². The van der Waals surface area contributed by atoms with Crippen LogP contribution in [0.2, 0.25) is 0 Å². The van der Waals surface area contributed by atoms with Gasteiger partial charge >= 0.3 is 0 Å². The Balaban J connectivity index is 1.24. The van der Waals surface area contributed by atoms with Crippen molar-refractivity contribution in [2.75, 3.05) is 9.80 Å². The molecular formula is C55H47N5. The Bertz CT molecular complexity index is 2890. The van der Waals surface area contributed by atoms with Crippen molar-refractivity contribution in [3.63, 3.8) is 0 Å². The minimum atomic E-state index is 0.527. The molecule has 1 heterocycles. The van der Waals surface area contributed by atoms with Crippen LogP contribution in [0.25, 0.3) is 44.7 Å². The van der Waals surface area contributed by atoms with Gasteiger partial charge in [0.2, 0.25) is 5.95 Å². The van der Waals surface area contributed by atoms with Gasteiger partial charge < -0.3 is 4.90 Å². The summed E-state index contributed by atoms with van der Waals surface area (Å²) in [5.41, 5.74) is 16.8. The second-order valence-corrected chi connectivity index (χ2v) is 15.8. The van der Waals surface area contributed by atoms with E-state index in [0.29, 0.717) is 17.6 Å². The van der Waals surface area contributed by atoms with Crippen molar-refractivity contribution >= 4 is 45.2 Å². The first-order chi connectivity index (χ1) is 29.2. The lowest BCUT2D eigenvalue weighted by atomic mass is 9.98. The van der Waals surface area contributed by atoms with Gasteiger partial charge in [-0.1, -0.05) is 145 Å². The van der Waals surface area contributed by atoms with E-state index in [1.165, 1.54) is 50.1 Å². The highest BCUT2D eigenvalue weighted by Gasteiger charge is 2.24. The Labute approximate surface area is 353 Å². The molecule has 0 bridgehead atoms. The average molecular weight is 778 g/mol. The normalized spacial score (nSPS) is 11.2. The fraction of sp³-hybridized carbons (Fsp3) is 0.109. The molecule has 0 saturated heterocycles. The first-order valence-electron chi connectivity index (χ1n) is 20.5. The maximum absolute atomic E-state index is 5.31. The highest BCUT2D eigenvalue weighted by Crippen LogP contribution is 2.44. The maximum Gasteiger partial charge on any atom is 0.238 e. The molecule has 9 rings (SSSR count). The molecular weight excluding hydrogens is 731 g/mol. The van der Waals surface area contributed by atoms with Gasteiger partial charge in [0.05, 0.1) is 11.4 Å². The molecule has 0 spiro atoms. The molecule has 9 aromatic rings. The number of anilines is 6. The number of hydrogen-bond donors (Lipinski definition) is 0. The van der Waals surface area contributed by atoms with Crippen molar-refractivity contribution < 1.29 is 0 Å². The summed E-state index contributed by atoms with van der Waals surface area (Å²) >= 11 is 0. The van der Waals surface area contributed by atoms with Gasteiger partial charge in [-0.2, -0.15) is 9.97 Å². The van der Waals surface area contributed by atoms with Gasteiger partial charge in [-0.3, -0.25) is 4.90 Å². The van der Waals surface area contributed by atoms with Crippen LogP contribution in [0, 0.1) is 41.5 Å². The summed E-state index contributed by atoms with van der Waals surface area (Å²) in [6, 6.07) is 62.0. The van der Waals surface area contributed by atoms with E-state index < -0.39 is 0 Å². The zero-order valence-corrected chi connectivity index (χ0v) is 35.0. The Morgan fingerprint density at radius 2 is 0.767 bits per heavy atom. The number of aryl methyl sites for hydroxylation is 6. The van der Waals surface area contributed by atoms with E-state index in [2.05, 4.69) is 203 Å². The first kappa shape index (κ1) is 38.2. The highest BCUT2D eigenvalue weighted by atomic mass is 15.3. The van der Waals surface area contributed by atoms with Crippen molar-refractivity contribution in [2.24, 2.45) is 0 Å². The largest absolute Gasteiger partial charge is 0.309 e. The topological polar surface area (TPSA) is 45.2 Å². The van der Waals surface area contributed by atoms with Crippen LogP contribution in [-0.4, -0.2) is 15.0 Å². The van der Waals surface area contributed by atoms with Gasteiger partial charge in [0.25, 0.3) is 0 Å². The molecule has 60 heavy (non-hydrogen) atoms. The van der Waals surface area contributed by atoms with Crippen LogP contribution in [0.4, 0.5) is 34.4 Å². The molecule has 5 heteroatoms. The van der Waals surface area contributed by atoms with Crippen LogP contribution < -0.4 is 9.80 Å². The summed E-state index contributed by atoms with van der Waals surface area (Å²) in [7, 11) is 0. The predicted molar refractivity (Wildman–Crippen MR) is 251 cm³/mol. The Morgan fingerprint density at radius 1 is 0.317 bits per heavy atom. The van der Waals surface area contributed by atoms with E-state index in [-0.39, 0.29) is 0 Å². The molecule has 0 N–H and O–H groups in total. The molecule has 0 unspecified atom stereocenters. The number of nitrogens with zero attached hydrogens (tertiary/aromatic N) is 5. The van der Waals surface area contributed by atoms with Crippen LogP contribution in [0.1, 0.15) is 33.4 Å². The van der Waals surface area contributed by atoms with E-state index in [1.54, 1.807) is 0 Å². The predicted octanol–water partition coefficient (Wildman–Crippen LogP) is 14.8. The standard InChI is InChI=1S/C55H47N5/c1-36-30-38(3)51(39(4)31-36)60(52-40(5)32-37(2)33-41(52)6)49-28-26-48(27-29-49)59(50-25-24-43-18-13-14-21-46(43)35-50)55-57-53(44-19-11-8-12-20-44)56-54(58-55)47-23-15-22-45(34-47)42-16-9-7-10-17-42/h7-35H,1-6H3. The van der Waals surface area contributed by atoms with Crippen molar-refractivity contribution in [1.29, 1.82) is 0 Å². The third-order valence-corrected chi connectivity index (χ3v) is 11.2. The van der Waals surface area contributed by atoms with Gasteiger partial charge in [0.15, 0.2) is 11.6 Å². The van der Waals surface area contributed by atoms with E-state index in [4.69, 9.17) is 15.0 Å². The third-order valence-electron chi connectivity index (χ3n) is 11.2. The number of hydrogen-bond acceptors (Lipinski definition) is 5. The average Bonchev–Trinajstić information content (AvgIpc) is 3.26. The first-order valence-corrected chi connectivity index (χ1v) is 20.5. The Kier molecular flexibility index (Phi) is 10.2. The van der Waals surface area contributed by atoms with Crippen LogP contribution in [0.3, 0.4) is 0 Å². The van der Waals surface area contributed by atoms with Crippen LogP contribution in [0.15, 0.2) is 176 Å². The molecule has 1 aromatic heterocycles. The molecule has 8 aromatic carbocycles. The SMILES string of the molecule is Cc1cc(C)c(N(c2ccc(N(c3ccc4ccccc4c3)c3nc(-c4ccccc4)nc(-c4cccc(-c5ccccc5)c4)n3)cc2)c2c(C)cc(C)cc2C)c(C)c1. The second-order valence-electron chi connectivity index (χ2n) is 15.8. The van der Waals surface area contributed by atoms with Crippen molar-refractivity contribution in [3.8, 4) is 33.9 Å². The smallest absolute Gasteiger partial charge is 0.238 e. The van der Waals surface area contributed by atoms with E-state index in [0.717, 1.165) is 44.7 Å². The molecule has 0 atom stereocenters. The Hall–Kier alpha value is -7.37. The Morgan fingerprint density at radius 3 is 1.35 bits per heavy atom. The van der Waals surface area contributed by atoms with Gasteiger partial charge in [0, 0.05) is 28.2 Å². The molecule has 0 aliphatic rings. The van der Waals surface area contributed by atoms with Crippen LogP contribution in [0.5, 0.6) is 0 Å². The zero-order valence-electron chi connectivity index (χ0n) is 35.0. The summed E-state index contributed by atoms with van der Waals surface area (Å²) in [6.45, 7) is 13.2. The minimum absolute atomic E-state index is 0.527. The lowest BCUT2D eigenvalue weighted by Crippen LogP contribution is -2.17. The lowest BCUT2D eigenvalue weighted by Gasteiger charge is -2.32. The van der Waals surface area contributed by atoms with Gasteiger partial charge in [-0.15, -0.1) is 0 Å². The monoisotopic (exact) mass is 777 g/mol. The zero-order chi connectivity index (χ0) is 41.3. The summed E-state index contributed by atoms with van der Waals surface area (Å²) < 4.78 is 0. The second kappa shape index (κ2) is 16.1. The van der Waals surface area contributed by atoms with Crippen LogP contribution in [-0.2, 0) is 0 Å². The number of benzene rings is 8. The summed E-state index contributed by atoms with van der Waals surface area (Å²) in [5.74, 6) is 1.73. The summed E-state index contributed by atoms with van der Waals surface area (Å²) in [4.78, 5) is 20.3. The molecule has 0 aliphatic heterocycles.